The quantitative estimate of drug-likeness (QED) is 0.400. The fraction of sp³-hybridized carbons (Fsp3) is 0.136. The maximum Gasteiger partial charge on any atom is 0.338 e. The highest BCUT2D eigenvalue weighted by Crippen LogP contribution is 2.22. The molecule has 2 heterocycles. The van der Waals surface area contributed by atoms with E-state index in [1.54, 1.807) is 36.7 Å². The topological polar surface area (TPSA) is 74.5 Å². The van der Waals surface area contributed by atoms with E-state index in [-0.39, 0.29) is 6.61 Å². The molecule has 0 atom stereocenters. The van der Waals surface area contributed by atoms with E-state index in [1.807, 2.05) is 35.7 Å². The molecule has 4 rings (SSSR count). The molecule has 0 radical (unpaired) electrons. The van der Waals surface area contributed by atoms with Gasteiger partial charge in [0.15, 0.2) is 0 Å². The maximum atomic E-state index is 12.3. The number of thiazole rings is 1. The van der Waals surface area contributed by atoms with Crippen molar-refractivity contribution in [1.82, 2.24) is 9.97 Å². The molecule has 7 heteroatoms. The minimum absolute atomic E-state index is 0.0447. The van der Waals surface area contributed by atoms with Gasteiger partial charge in [-0.1, -0.05) is 18.2 Å². The second-order valence-electron chi connectivity index (χ2n) is 6.26. The Morgan fingerprint density at radius 1 is 1.07 bits per heavy atom. The predicted octanol–water partition coefficient (Wildman–Crippen LogP) is 5.04. The monoisotopic (exact) mass is 406 g/mol. The Balaban J connectivity index is 1.34. The van der Waals surface area contributed by atoms with Crippen LogP contribution in [0.1, 0.15) is 27.5 Å². The van der Waals surface area contributed by atoms with Gasteiger partial charge in [-0.25, -0.2) is 14.8 Å². The molecule has 0 amide bonds. The fourth-order valence-electron chi connectivity index (χ4n) is 2.64. The molecule has 29 heavy (non-hydrogen) atoms. The largest absolute Gasteiger partial charge is 0.487 e. The molecular weight excluding hydrogens is 388 g/mol. The molecule has 0 bridgehead atoms. The number of rotatable bonds is 7. The van der Waals surface area contributed by atoms with Gasteiger partial charge >= 0.3 is 5.97 Å². The van der Waals surface area contributed by atoms with Gasteiger partial charge < -0.3 is 13.9 Å². The maximum absolute atomic E-state index is 12.3. The zero-order valence-electron chi connectivity index (χ0n) is 15.7. The number of carbonyl (C=O) groups is 1. The third kappa shape index (κ3) is 4.70. The normalized spacial score (nSPS) is 10.7. The molecular formula is C22H18N2O4S. The molecule has 2 aromatic carbocycles. The molecule has 146 valence electrons. The van der Waals surface area contributed by atoms with Gasteiger partial charge in [-0.2, -0.15) is 0 Å². The van der Waals surface area contributed by atoms with Crippen LogP contribution in [0.25, 0.3) is 11.5 Å². The van der Waals surface area contributed by atoms with Gasteiger partial charge in [-0.15, -0.1) is 11.3 Å². The highest BCUT2D eigenvalue weighted by atomic mass is 32.1. The van der Waals surface area contributed by atoms with E-state index >= 15 is 0 Å². The Hall–Kier alpha value is -3.45. The average Bonchev–Trinajstić information content (AvgIpc) is 3.41. The molecule has 0 N–H and O–H groups in total. The first-order valence-electron chi connectivity index (χ1n) is 8.98. The first kappa shape index (κ1) is 18.9. The zero-order valence-corrected chi connectivity index (χ0v) is 16.5. The molecule has 2 aromatic heterocycles. The van der Waals surface area contributed by atoms with Crippen LogP contribution >= 0.6 is 11.3 Å². The van der Waals surface area contributed by atoms with Crippen molar-refractivity contribution < 1.29 is 18.7 Å². The highest BCUT2D eigenvalue weighted by molar-refractivity contribution is 7.07. The lowest BCUT2D eigenvalue weighted by Gasteiger charge is -2.06. The lowest BCUT2D eigenvalue weighted by Crippen LogP contribution is -2.06. The summed E-state index contributed by atoms with van der Waals surface area (Å²) in [4.78, 5) is 20.9. The number of nitrogens with zero attached hydrogens (tertiary/aromatic N) is 2. The van der Waals surface area contributed by atoms with Gasteiger partial charge in [0.25, 0.3) is 0 Å². The van der Waals surface area contributed by atoms with E-state index in [0.29, 0.717) is 35.3 Å². The third-order valence-corrected chi connectivity index (χ3v) is 4.85. The summed E-state index contributed by atoms with van der Waals surface area (Å²) < 4.78 is 16.7. The van der Waals surface area contributed by atoms with Crippen LogP contribution in [0.3, 0.4) is 0 Å². The second-order valence-corrected chi connectivity index (χ2v) is 6.98. The van der Waals surface area contributed by atoms with Crippen LogP contribution in [0.4, 0.5) is 0 Å². The number of esters is 1. The fourth-order valence-corrected chi connectivity index (χ4v) is 3.18. The minimum Gasteiger partial charge on any atom is -0.487 e. The van der Waals surface area contributed by atoms with Crippen molar-refractivity contribution in [3.8, 4) is 17.2 Å². The van der Waals surface area contributed by atoms with Crippen LogP contribution in [0.15, 0.2) is 69.9 Å². The van der Waals surface area contributed by atoms with E-state index in [4.69, 9.17) is 13.9 Å². The molecule has 0 aliphatic carbocycles. The average molecular weight is 406 g/mol. The van der Waals surface area contributed by atoms with E-state index in [0.717, 1.165) is 11.3 Å². The number of aryl methyl sites for hydroxylation is 1. The van der Waals surface area contributed by atoms with E-state index in [1.165, 1.54) is 11.3 Å². The first-order chi connectivity index (χ1) is 14.2. The lowest BCUT2D eigenvalue weighted by atomic mass is 10.2. The lowest BCUT2D eigenvalue weighted by molar-refractivity contribution is 0.0467. The Bertz CT molecular complexity index is 1070. The molecule has 0 spiro atoms. The van der Waals surface area contributed by atoms with Crippen LogP contribution < -0.4 is 4.74 Å². The van der Waals surface area contributed by atoms with Gasteiger partial charge in [0.2, 0.25) is 5.89 Å². The van der Waals surface area contributed by atoms with E-state index in [2.05, 4.69) is 9.97 Å². The summed E-state index contributed by atoms with van der Waals surface area (Å²) in [6.07, 6.45) is 0. The van der Waals surface area contributed by atoms with Crippen LogP contribution in [-0.4, -0.2) is 15.9 Å². The molecule has 6 nitrogen and oxygen atoms in total. The van der Waals surface area contributed by atoms with Gasteiger partial charge in [0.05, 0.1) is 16.8 Å². The number of hydrogen-bond acceptors (Lipinski definition) is 7. The SMILES string of the molecule is Cc1oc(-c2ccccc2)nc1COC(=O)c1ccc(OCc2cscn2)cc1. The number of aromatic nitrogens is 2. The molecule has 0 saturated carbocycles. The summed E-state index contributed by atoms with van der Waals surface area (Å²) in [7, 11) is 0. The molecule has 0 fully saturated rings. The highest BCUT2D eigenvalue weighted by Gasteiger charge is 2.14. The molecule has 0 unspecified atom stereocenters. The molecule has 0 saturated heterocycles. The number of oxazole rings is 1. The summed E-state index contributed by atoms with van der Waals surface area (Å²) in [6, 6.07) is 16.4. The Morgan fingerprint density at radius 3 is 2.59 bits per heavy atom. The van der Waals surface area contributed by atoms with Crippen LogP contribution in [0, 0.1) is 6.92 Å². The van der Waals surface area contributed by atoms with Gasteiger partial charge in [0.1, 0.15) is 30.4 Å². The number of carbonyl (C=O) groups excluding carboxylic acids is 1. The van der Waals surface area contributed by atoms with Crippen molar-refractivity contribution in [3.63, 3.8) is 0 Å². The summed E-state index contributed by atoms with van der Waals surface area (Å²) in [5.41, 5.74) is 4.55. The number of ether oxygens (including phenoxy) is 2. The summed E-state index contributed by atoms with van der Waals surface area (Å²) in [6.45, 7) is 2.24. The zero-order chi connectivity index (χ0) is 20.1. The Morgan fingerprint density at radius 2 is 1.86 bits per heavy atom. The van der Waals surface area contributed by atoms with Gasteiger partial charge in [-0.3, -0.25) is 0 Å². The van der Waals surface area contributed by atoms with Crippen molar-refractivity contribution in [2.75, 3.05) is 0 Å². The Labute approximate surface area is 171 Å². The summed E-state index contributed by atoms with van der Waals surface area (Å²) in [5.74, 6) is 1.37. The number of benzene rings is 2. The standard InChI is InChI=1S/C22H18N2O4S/c1-15-20(24-21(28-15)16-5-3-2-4-6-16)12-27-22(25)17-7-9-19(10-8-17)26-11-18-13-29-14-23-18/h2-10,13-14H,11-12H2,1H3. The van der Waals surface area contributed by atoms with Crippen molar-refractivity contribution in [2.45, 2.75) is 20.1 Å². The molecule has 4 aromatic rings. The first-order valence-corrected chi connectivity index (χ1v) is 9.92. The van der Waals surface area contributed by atoms with Crippen LogP contribution in [0.5, 0.6) is 5.75 Å². The smallest absolute Gasteiger partial charge is 0.338 e. The van der Waals surface area contributed by atoms with E-state index < -0.39 is 5.97 Å². The van der Waals surface area contributed by atoms with Crippen molar-refractivity contribution in [2.24, 2.45) is 0 Å². The second kappa shape index (κ2) is 8.70. The molecule has 0 aliphatic heterocycles. The number of hydrogen-bond donors (Lipinski definition) is 0. The summed E-state index contributed by atoms with van der Waals surface area (Å²) in [5, 5.41) is 1.93. The summed E-state index contributed by atoms with van der Waals surface area (Å²) >= 11 is 1.52. The van der Waals surface area contributed by atoms with Gasteiger partial charge in [0, 0.05) is 10.9 Å². The van der Waals surface area contributed by atoms with Crippen LogP contribution in [0.2, 0.25) is 0 Å². The third-order valence-electron chi connectivity index (χ3n) is 4.21. The van der Waals surface area contributed by atoms with Crippen molar-refractivity contribution >= 4 is 17.3 Å². The molecule has 0 aliphatic rings. The minimum atomic E-state index is -0.431. The van der Waals surface area contributed by atoms with Crippen molar-refractivity contribution in [1.29, 1.82) is 0 Å². The van der Waals surface area contributed by atoms with Gasteiger partial charge in [-0.05, 0) is 43.3 Å². The van der Waals surface area contributed by atoms with Crippen molar-refractivity contribution in [3.05, 3.63) is 88.2 Å². The predicted molar refractivity (Wildman–Crippen MR) is 109 cm³/mol. The Kier molecular flexibility index (Phi) is 5.67. The van der Waals surface area contributed by atoms with Crippen LogP contribution in [-0.2, 0) is 18.0 Å². The van der Waals surface area contributed by atoms with E-state index in [9.17, 15) is 4.79 Å².